The molecule has 0 spiro atoms. The predicted molar refractivity (Wildman–Crippen MR) is 115 cm³/mol. The van der Waals surface area contributed by atoms with Crippen molar-refractivity contribution in [3.63, 3.8) is 0 Å². The largest absolute Gasteiger partial charge is 0.378 e. The maximum absolute atomic E-state index is 12.1. The fraction of sp³-hybridized carbons (Fsp3) is 0.143. The number of nitrogens with one attached hydrogen (secondary N) is 1. The van der Waals surface area contributed by atoms with E-state index >= 15 is 0 Å². The Morgan fingerprint density at radius 1 is 1.15 bits per heavy atom. The molecule has 0 fully saturated rings. The average molecular weight is 473 g/mol. The zero-order chi connectivity index (χ0) is 19.4. The van der Waals surface area contributed by atoms with Crippen molar-refractivity contribution >= 4 is 34.7 Å². The van der Waals surface area contributed by atoms with Gasteiger partial charge in [-0.1, -0.05) is 42.5 Å². The van der Waals surface area contributed by atoms with Crippen molar-refractivity contribution in [2.45, 2.75) is 20.0 Å². The van der Waals surface area contributed by atoms with Crippen molar-refractivity contribution in [1.82, 2.24) is 9.99 Å². The molecule has 0 aliphatic heterocycles. The molecule has 0 aliphatic rings. The molecule has 27 heavy (non-hydrogen) atoms. The topological polar surface area (TPSA) is 66.6 Å². The molecule has 3 rings (SSSR count). The number of carbonyl (C=O) groups excluding carboxylic acids is 1. The van der Waals surface area contributed by atoms with Gasteiger partial charge in [-0.15, -0.1) is 0 Å². The molecule has 3 aromatic rings. The lowest BCUT2D eigenvalue weighted by atomic mass is 10.1. The van der Waals surface area contributed by atoms with Crippen LogP contribution in [0.3, 0.4) is 0 Å². The van der Waals surface area contributed by atoms with Gasteiger partial charge in [0.2, 0.25) is 0 Å². The number of hydrazone groups is 1. The van der Waals surface area contributed by atoms with Gasteiger partial charge in [0.25, 0.3) is 5.91 Å². The smallest absolute Gasteiger partial charge is 0.273 e. The SMILES string of the molecule is Cc1cc(/C=N\NC(=O)[C@@H](O)c2ccccc2)c(C)n1-c1ccccc1I. The molecule has 0 saturated heterocycles. The molecule has 2 N–H and O–H groups in total. The highest BCUT2D eigenvalue weighted by Gasteiger charge is 2.16. The van der Waals surface area contributed by atoms with Crippen LogP contribution in [0.5, 0.6) is 0 Å². The van der Waals surface area contributed by atoms with E-state index < -0.39 is 12.0 Å². The Bertz CT molecular complexity index is 980. The molecule has 0 bridgehead atoms. The average Bonchev–Trinajstić information content (AvgIpc) is 2.96. The van der Waals surface area contributed by atoms with Crippen molar-refractivity contribution < 1.29 is 9.90 Å². The molecular formula is C21H20IN3O2. The molecule has 1 heterocycles. The normalized spacial score (nSPS) is 12.3. The molecule has 5 nitrogen and oxygen atoms in total. The van der Waals surface area contributed by atoms with Crippen molar-refractivity contribution in [3.05, 3.63) is 86.7 Å². The predicted octanol–water partition coefficient (Wildman–Crippen LogP) is 3.88. The van der Waals surface area contributed by atoms with E-state index in [1.807, 2.05) is 38.1 Å². The van der Waals surface area contributed by atoms with Crippen LogP contribution in [0.15, 0.2) is 65.8 Å². The van der Waals surface area contributed by atoms with Crippen LogP contribution in [0.4, 0.5) is 0 Å². The maximum Gasteiger partial charge on any atom is 0.273 e. The van der Waals surface area contributed by atoms with E-state index in [-0.39, 0.29) is 0 Å². The molecule has 0 saturated carbocycles. The van der Waals surface area contributed by atoms with Gasteiger partial charge in [0.15, 0.2) is 6.10 Å². The summed E-state index contributed by atoms with van der Waals surface area (Å²) in [7, 11) is 0. The lowest BCUT2D eigenvalue weighted by molar-refractivity contribution is -0.129. The Morgan fingerprint density at radius 3 is 2.52 bits per heavy atom. The molecule has 0 unspecified atom stereocenters. The number of rotatable bonds is 5. The summed E-state index contributed by atoms with van der Waals surface area (Å²) in [6.07, 6.45) is 0.353. The number of aryl methyl sites for hydroxylation is 1. The summed E-state index contributed by atoms with van der Waals surface area (Å²) in [5.74, 6) is -0.566. The second-order valence-electron chi connectivity index (χ2n) is 6.16. The van der Waals surface area contributed by atoms with Gasteiger partial charge in [-0.3, -0.25) is 4.79 Å². The molecule has 0 radical (unpaired) electrons. The quantitative estimate of drug-likeness (QED) is 0.336. The molecule has 2 aromatic carbocycles. The van der Waals surface area contributed by atoms with Crippen LogP contribution < -0.4 is 5.43 Å². The van der Waals surface area contributed by atoms with Crippen LogP contribution in [-0.4, -0.2) is 21.8 Å². The minimum absolute atomic E-state index is 0.530. The minimum Gasteiger partial charge on any atom is -0.378 e. The highest BCUT2D eigenvalue weighted by atomic mass is 127. The first-order chi connectivity index (χ1) is 13.0. The minimum atomic E-state index is -1.25. The van der Waals surface area contributed by atoms with Gasteiger partial charge in [0.05, 0.1) is 11.9 Å². The summed E-state index contributed by atoms with van der Waals surface area (Å²) in [6.45, 7) is 4.04. The molecular weight excluding hydrogens is 453 g/mol. The maximum atomic E-state index is 12.1. The van der Waals surface area contributed by atoms with Crippen LogP contribution >= 0.6 is 22.6 Å². The summed E-state index contributed by atoms with van der Waals surface area (Å²) in [4.78, 5) is 12.1. The van der Waals surface area contributed by atoms with Crippen molar-refractivity contribution in [3.8, 4) is 5.69 Å². The summed E-state index contributed by atoms with van der Waals surface area (Å²) in [5, 5.41) is 14.1. The first-order valence-corrected chi connectivity index (χ1v) is 9.56. The Balaban J connectivity index is 1.76. The molecule has 1 atom stereocenters. The van der Waals surface area contributed by atoms with Crippen molar-refractivity contribution in [1.29, 1.82) is 0 Å². The number of amides is 1. The molecule has 1 amide bonds. The Labute approximate surface area is 171 Å². The van der Waals surface area contributed by atoms with E-state index in [1.54, 1.807) is 30.5 Å². The van der Waals surface area contributed by atoms with Gasteiger partial charge in [0.1, 0.15) is 0 Å². The first-order valence-electron chi connectivity index (χ1n) is 8.49. The zero-order valence-corrected chi connectivity index (χ0v) is 17.2. The van der Waals surface area contributed by atoms with Gasteiger partial charge < -0.3 is 9.67 Å². The van der Waals surface area contributed by atoms with Crippen LogP contribution in [0.25, 0.3) is 5.69 Å². The Hall–Kier alpha value is -2.45. The molecule has 0 aliphatic carbocycles. The van der Waals surface area contributed by atoms with E-state index in [4.69, 9.17) is 0 Å². The van der Waals surface area contributed by atoms with Crippen LogP contribution in [0.1, 0.15) is 28.6 Å². The number of benzene rings is 2. The zero-order valence-electron chi connectivity index (χ0n) is 15.1. The third kappa shape index (κ3) is 4.28. The highest BCUT2D eigenvalue weighted by molar-refractivity contribution is 14.1. The molecule has 6 heteroatoms. The summed E-state index contributed by atoms with van der Waals surface area (Å²) in [5.41, 5.74) is 7.05. The first kappa shape index (κ1) is 19.3. The number of aliphatic hydroxyl groups is 1. The van der Waals surface area contributed by atoms with Crippen LogP contribution in [-0.2, 0) is 4.79 Å². The third-order valence-electron chi connectivity index (χ3n) is 4.31. The highest BCUT2D eigenvalue weighted by Crippen LogP contribution is 2.23. The lowest BCUT2D eigenvalue weighted by Gasteiger charge is -2.11. The number of aliphatic hydroxyl groups excluding tert-OH is 1. The Morgan fingerprint density at radius 2 is 1.81 bits per heavy atom. The van der Waals surface area contributed by atoms with E-state index in [9.17, 15) is 9.90 Å². The van der Waals surface area contributed by atoms with Crippen LogP contribution in [0.2, 0.25) is 0 Å². The molecule has 1 aromatic heterocycles. The standard InChI is InChI=1S/C21H20IN3O2/c1-14-12-17(15(2)25(14)19-11-7-6-10-18(19)22)13-23-24-21(27)20(26)16-8-4-3-5-9-16/h3-13,20,26H,1-2H3,(H,24,27)/b23-13-/t20-/m0/s1. The van der Waals surface area contributed by atoms with Gasteiger partial charge in [-0.25, -0.2) is 5.43 Å². The van der Waals surface area contributed by atoms with Gasteiger partial charge >= 0.3 is 0 Å². The van der Waals surface area contributed by atoms with Gasteiger partial charge in [0, 0.05) is 20.5 Å². The van der Waals surface area contributed by atoms with Gasteiger partial charge in [-0.05, 0) is 60.2 Å². The second kappa shape index (κ2) is 8.49. The number of hydrogen-bond donors (Lipinski definition) is 2. The van der Waals surface area contributed by atoms with E-state index in [0.29, 0.717) is 5.56 Å². The number of aromatic nitrogens is 1. The van der Waals surface area contributed by atoms with Crippen molar-refractivity contribution in [2.75, 3.05) is 0 Å². The fourth-order valence-corrected chi connectivity index (χ4v) is 3.56. The number of nitrogens with zero attached hydrogens (tertiary/aromatic N) is 2. The van der Waals surface area contributed by atoms with E-state index in [0.717, 1.165) is 26.2 Å². The van der Waals surface area contributed by atoms with E-state index in [1.165, 1.54) is 0 Å². The number of carbonyl (C=O) groups is 1. The van der Waals surface area contributed by atoms with Crippen molar-refractivity contribution in [2.24, 2.45) is 5.10 Å². The molecule has 138 valence electrons. The third-order valence-corrected chi connectivity index (χ3v) is 5.22. The summed E-state index contributed by atoms with van der Waals surface area (Å²) < 4.78 is 3.31. The lowest BCUT2D eigenvalue weighted by Crippen LogP contribution is -2.25. The number of para-hydroxylation sites is 1. The van der Waals surface area contributed by atoms with Crippen LogP contribution in [0, 0.1) is 17.4 Å². The summed E-state index contributed by atoms with van der Waals surface area (Å²) >= 11 is 2.32. The number of hydrogen-bond acceptors (Lipinski definition) is 3. The number of halogens is 1. The van der Waals surface area contributed by atoms with Gasteiger partial charge in [-0.2, -0.15) is 5.10 Å². The fourth-order valence-electron chi connectivity index (χ4n) is 2.94. The van der Waals surface area contributed by atoms with E-state index in [2.05, 4.69) is 49.8 Å². The Kier molecular flexibility index (Phi) is 6.08. The second-order valence-corrected chi connectivity index (χ2v) is 7.32. The monoisotopic (exact) mass is 473 g/mol. The summed E-state index contributed by atoms with van der Waals surface area (Å²) in [6, 6.07) is 18.9.